The van der Waals surface area contributed by atoms with E-state index in [-0.39, 0.29) is 18.7 Å². The normalized spacial score (nSPS) is 29.0. The van der Waals surface area contributed by atoms with Gasteiger partial charge in [0.05, 0.1) is 18.6 Å². The molecule has 0 spiro atoms. The summed E-state index contributed by atoms with van der Waals surface area (Å²) in [5, 5.41) is 31.7. The third-order valence-corrected chi connectivity index (χ3v) is 3.92. The summed E-state index contributed by atoms with van der Waals surface area (Å²) in [7, 11) is 0. The molecular weight excluding hydrogens is 341 g/mol. The van der Waals surface area contributed by atoms with Crippen LogP contribution in [0.3, 0.4) is 0 Å². The van der Waals surface area contributed by atoms with Crippen molar-refractivity contribution in [1.29, 1.82) is 0 Å². The lowest BCUT2D eigenvalue weighted by molar-refractivity contribution is -0.124. The second kappa shape index (κ2) is 6.43. The molecule has 1 aliphatic heterocycles. The maximum absolute atomic E-state index is 14.5. The van der Waals surface area contributed by atoms with Gasteiger partial charge in [-0.2, -0.15) is 4.98 Å². The summed E-state index contributed by atoms with van der Waals surface area (Å²) in [4.78, 5) is 18.3. The molecular formula is C13H14FN5O6. The van der Waals surface area contributed by atoms with Crippen molar-refractivity contribution in [3.8, 4) is 0 Å². The Morgan fingerprint density at radius 3 is 2.92 bits per heavy atom. The van der Waals surface area contributed by atoms with Gasteiger partial charge in [0.25, 0.3) is 0 Å². The summed E-state index contributed by atoms with van der Waals surface area (Å²) in [5.41, 5.74) is 5.39. The molecule has 0 unspecified atom stereocenters. The van der Waals surface area contributed by atoms with Crippen molar-refractivity contribution < 1.29 is 28.9 Å². The number of nitrogens with zero attached hydrogens (tertiary/aromatic N) is 5. The Bertz CT molecular complexity index is 893. The number of fused-ring (bicyclic) bond motifs is 1. The molecule has 134 valence electrons. The molecule has 0 saturated carbocycles. The van der Waals surface area contributed by atoms with E-state index in [0.29, 0.717) is 11.1 Å². The molecule has 25 heavy (non-hydrogen) atoms. The molecule has 1 fully saturated rings. The first-order valence-corrected chi connectivity index (χ1v) is 7.25. The summed E-state index contributed by atoms with van der Waals surface area (Å²) in [6, 6.07) is 1.51. The molecule has 1 saturated heterocycles. The molecule has 0 radical (unpaired) electrons. The minimum Gasteiger partial charge on any atom is -0.442 e. The van der Waals surface area contributed by atoms with Crippen LogP contribution in [-0.2, 0) is 11.2 Å². The molecule has 0 bridgehead atoms. The molecule has 1 aliphatic rings. The monoisotopic (exact) mass is 355 g/mol. The Morgan fingerprint density at radius 2 is 2.28 bits per heavy atom. The van der Waals surface area contributed by atoms with Gasteiger partial charge in [-0.25, -0.2) is 9.18 Å². The van der Waals surface area contributed by atoms with Crippen molar-refractivity contribution >= 4 is 11.1 Å². The first-order chi connectivity index (χ1) is 12.0. The number of hydrogen-bond donors (Lipinski definition) is 3. The van der Waals surface area contributed by atoms with E-state index in [0.717, 1.165) is 4.57 Å². The van der Waals surface area contributed by atoms with E-state index < -0.39 is 36.5 Å². The van der Waals surface area contributed by atoms with Gasteiger partial charge in [-0.3, -0.25) is 4.57 Å². The van der Waals surface area contributed by atoms with Gasteiger partial charge in [0.1, 0.15) is 11.9 Å². The van der Waals surface area contributed by atoms with Crippen molar-refractivity contribution in [1.82, 2.24) is 9.55 Å². The van der Waals surface area contributed by atoms with Crippen molar-refractivity contribution in [3.05, 3.63) is 39.0 Å². The maximum atomic E-state index is 14.5. The first-order valence-electron chi connectivity index (χ1n) is 7.25. The van der Waals surface area contributed by atoms with Crippen molar-refractivity contribution in [3.63, 3.8) is 0 Å². The highest BCUT2D eigenvalue weighted by atomic mass is 19.1. The summed E-state index contributed by atoms with van der Waals surface area (Å²) >= 11 is 0. The van der Waals surface area contributed by atoms with Crippen molar-refractivity contribution in [2.24, 2.45) is 5.11 Å². The van der Waals surface area contributed by atoms with Crippen LogP contribution in [0.5, 0.6) is 0 Å². The molecule has 0 aromatic carbocycles. The number of aromatic nitrogens is 2. The van der Waals surface area contributed by atoms with Gasteiger partial charge in [-0.15, -0.1) is 0 Å². The highest BCUT2D eigenvalue weighted by Crippen LogP contribution is 2.39. The summed E-state index contributed by atoms with van der Waals surface area (Å²) < 4.78 is 25.7. The first kappa shape index (κ1) is 17.3. The van der Waals surface area contributed by atoms with Crippen LogP contribution in [0.2, 0.25) is 0 Å². The predicted molar refractivity (Wildman–Crippen MR) is 79.0 cm³/mol. The molecule has 0 amide bonds. The van der Waals surface area contributed by atoms with Crippen LogP contribution < -0.4 is 5.69 Å². The van der Waals surface area contributed by atoms with E-state index in [2.05, 4.69) is 15.0 Å². The number of aliphatic hydroxyl groups excluding tert-OH is 3. The molecule has 3 N–H and O–H groups in total. The summed E-state index contributed by atoms with van der Waals surface area (Å²) in [5.74, 6) is 0.380. The largest absolute Gasteiger partial charge is 0.442 e. The Labute approximate surface area is 138 Å². The van der Waals surface area contributed by atoms with Gasteiger partial charge < -0.3 is 24.5 Å². The fourth-order valence-corrected chi connectivity index (χ4v) is 2.67. The predicted octanol–water partition coefficient (Wildman–Crippen LogP) is -0.249. The molecule has 3 heterocycles. The van der Waals surface area contributed by atoms with E-state index >= 15 is 0 Å². The highest BCUT2D eigenvalue weighted by molar-refractivity contribution is 5.72. The average Bonchev–Trinajstić information content (AvgIpc) is 3.08. The second-order valence-electron chi connectivity index (χ2n) is 5.47. The van der Waals surface area contributed by atoms with Crippen LogP contribution in [0.1, 0.15) is 12.0 Å². The van der Waals surface area contributed by atoms with Crippen LogP contribution >= 0.6 is 0 Å². The minimum atomic E-state index is -2.24. The maximum Gasteiger partial charge on any atom is 0.353 e. The molecule has 0 aliphatic carbocycles. The van der Waals surface area contributed by atoms with Crippen LogP contribution in [-0.4, -0.2) is 56.1 Å². The Kier molecular flexibility index (Phi) is 4.45. The number of hydrogen-bond acceptors (Lipinski definition) is 8. The fraction of sp³-hybridized carbons (Fsp3) is 0.538. The smallest absolute Gasteiger partial charge is 0.353 e. The fourth-order valence-electron chi connectivity index (χ4n) is 2.67. The number of furan rings is 1. The lowest BCUT2D eigenvalue weighted by atomic mass is 10.1. The molecule has 2 aromatic rings. The zero-order valence-electron chi connectivity index (χ0n) is 12.7. The standard InChI is InChI=1S/C13H14FN5O6/c14-8-9(22)13(5-21,17-18-15)25-11(8)19-4-6-3-7(1-2-20)24-10(6)16-12(19)23/h3-4,8-9,11,20-22H,1-2,5H2/t8-,9-,11+,13+/m0/s1. The van der Waals surface area contributed by atoms with Crippen LogP contribution in [0, 0.1) is 0 Å². The number of rotatable bonds is 5. The average molecular weight is 355 g/mol. The SMILES string of the molecule is [N-]=[N+]=N[C@]1(CO)O[C@@H](n2cc3cc(CCO)oc3nc2=O)[C@@H](F)[C@@H]1O. The van der Waals surface area contributed by atoms with Crippen LogP contribution in [0.4, 0.5) is 4.39 Å². The molecule has 11 nitrogen and oxygen atoms in total. The van der Waals surface area contributed by atoms with E-state index in [1.807, 2.05) is 0 Å². The number of alkyl halides is 1. The number of azide groups is 1. The topological polar surface area (TPSA) is 167 Å². The Hall–Kier alpha value is -2.50. The third-order valence-electron chi connectivity index (χ3n) is 3.92. The highest BCUT2D eigenvalue weighted by Gasteiger charge is 2.56. The van der Waals surface area contributed by atoms with Gasteiger partial charge >= 0.3 is 5.69 Å². The Balaban J connectivity index is 2.05. The molecule has 4 atom stereocenters. The minimum absolute atomic E-state index is 0.00196. The number of halogens is 1. The van der Waals surface area contributed by atoms with Gasteiger partial charge in [0.15, 0.2) is 12.4 Å². The van der Waals surface area contributed by atoms with Gasteiger partial charge in [0.2, 0.25) is 11.4 Å². The van der Waals surface area contributed by atoms with Crippen molar-refractivity contribution in [2.75, 3.05) is 13.2 Å². The number of aliphatic hydroxyl groups is 3. The lowest BCUT2D eigenvalue weighted by Crippen LogP contribution is -2.43. The zero-order valence-corrected chi connectivity index (χ0v) is 12.7. The summed E-state index contributed by atoms with van der Waals surface area (Å²) in [6.45, 7) is -1.15. The van der Waals surface area contributed by atoms with Gasteiger partial charge in [-0.05, 0) is 11.6 Å². The summed E-state index contributed by atoms with van der Waals surface area (Å²) in [6.07, 6.45) is -4.37. The van der Waals surface area contributed by atoms with E-state index in [4.69, 9.17) is 19.8 Å². The zero-order chi connectivity index (χ0) is 18.2. The second-order valence-corrected chi connectivity index (χ2v) is 5.47. The molecule has 12 heteroatoms. The molecule has 2 aromatic heterocycles. The van der Waals surface area contributed by atoms with Gasteiger partial charge in [-0.1, -0.05) is 5.11 Å². The third kappa shape index (κ3) is 2.75. The van der Waals surface area contributed by atoms with E-state index in [1.165, 1.54) is 12.3 Å². The quantitative estimate of drug-likeness (QED) is 0.377. The lowest BCUT2D eigenvalue weighted by Gasteiger charge is -2.23. The van der Waals surface area contributed by atoms with Crippen molar-refractivity contribution in [2.45, 2.75) is 30.6 Å². The van der Waals surface area contributed by atoms with E-state index in [9.17, 15) is 19.4 Å². The van der Waals surface area contributed by atoms with E-state index in [1.54, 1.807) is 0 Å². The van der Waals surface area contributed by atoms with Gasteiger partial charge in [0, 0.05) is 17.5 Å². The van der Waals surface area contributed by atoms with Crippen LogP contribution in [0.15, 0.2) is 26.6 Å². The number of ether oxygens (including phenoxy) is 1. The Morgan fingerprint density at radius 1 is 1.52 bits per heavy atom. The molecule has 3 rings (SSSR count). The van der Waals surface area contributed by atoms with Crippen LogP contribution in [0.25, 0.3) is 21.5 Å².